The molecule has 0 saturated carbocycles. The van der Waals surface area contributed by atoms with E-state index in [0.29, 0.717) is 47.7 Å². The van der Waals surface area contributed by atoms with E-state index in [-0.39, 0.29) is 17.8 Å². The zero-order valence-electron chi connectivity index (χ0n) is 19.1. The number of carbonyl (C=O) groups is 1. The molecule has 1 aliphatic rings. The van der Waals surface area contributed by atoms with E-state index in [1.165, 1.54) is 31.4 Å². The van der Waals surface area contributed by atoms with Gasteiger partial charge in [-0.2, -0.15) is 0 Å². The van der Waals surface area contributed by atoms with E-state index in [2.05, 4.69) is 6.92 Å². The largest absolute Gasteiger partial charge is 0.490 e. The SMILES string of the molecule is CCCCCCCOc1c(Cl)cc(C(=O)N(Cc2ccc(F)cc2)CC2CCCO2)cc1Cl. The number of unbranched alkanes of at least 4 members (excludes halogenated alkanes) is 4. The van der Waals surface area contributed by atoms with Crippen molar-refractivity contribution in [3.63, 3.8) is 0 Å². The van der Waals surface area contributed by atoms with Crippen LogP contribution in [0.2, 0.25) is 10.0 Å². The first-order valence-electron chi connectivity index (χ1n) is 11.7. The molecule has 0 radical (unpaired) electrons. The smallest absolute Gasteiger partial charge is 0.254 e. The Hall–Kier alpha value is -1.82. The van der Waals surface area contributed by atoms with Crippen LogP contribution in [0.25, 0.3) is 0 Å². The van der Waals surface area contributed by atoms with E-state index >= 15 is 0 Å². The van der Waals surface area contributed by atoms with Crippen molar-refractivity contribution in [2.24, 2.45) is 0 Å². The van der Waals surface area contributed by atoms with Gasteiger partial charge in [0.1, 0.15) is 5.82 Å². The lowest BCUT2D eigenvalue weighted by molar-refractivity contribution is 0.0507. The fraction of sp³-hybridized carbons (Fsp3) is 0.500. The van der Waals surface area contributed by atoms with Crippen molar-refractivity contribution in [3.05, 3.63) is 63.4 Å². The molecule has 1 heterocycles. The third kappa shape index (κ3) is 7.87. The number of nitrogens with zero attached hydrogens (tertiary/aromatic N) is 1. The molecule has 0 aliphatic carbocycles. The Morgan fingerprint density at radius 1 is 1.12 bits per heavy atom. The van der Waals surface area contributed by atoms with Crippen LogP contribution in [0.4, 0.5) is 4.39 Å². The van der Waals surface area contributed by atoms with E-state index in [1.54, 1.807) is 29.2 Å². The molecular formula is C26H32Cl2FNO3. The van der Waals surface area contributed by atoms with Gasteiger partial charge in [0.2, 0.25) is 0 Å². The fourth-order valence-electron chi connectivity index (χ4n) is 3.95. The molecule has 0 N–H and O–H groups in total. The summed E-state index contributed by atoms with van der Waals surface area (Å²) in [6.45, 7) is 4.20. The van der Waals surface area contributed by atoms with Crippen LogP contribution in [0.1, 0.15) is 67.8 Å². The highest BCUT2D eigenvalue weighted by Crippen LogP contribution is 2.35. The number of hydrogen-bond acceptors (Lipinski definition) is 3. The lowest BCUT2D eigenvalue weighted by Gasteiger charge is -2.26. The number of hydrogen-bond donors (Lipinski definition) is 0. The number of amides is 1. The molecule has 1 saturated heterocycles. The van der Waals surface area contributed by atoms with Gasteiger partial charge < -0.3 is 14.4 Å². The normalized spacial score (nSPS) is 15.6. The highest BCUT2D eigenvalue weighted by Gasteiger charge is 2.25. The first-order valence-corrected chi connectivity index (χ1v) is 12.5. The van der Waals surface area contributed by atoms with Gasteiger partial charge in [-0.25, -0.2) is 4.39 Å². The van der Waals surface area contributed by atoms with Gasteiger partial charge in [0.05, 0.1) is 22.8 Å². The minimum atomic E-state index is -0.310. The summed E-state index contributed by atoms with van der Waals surface area (Å²) in [6, 6.07) is 9.37. The number of halogens is 3. The first-order chi connectivity index (χ1) is 16.0. The summed E-state index contributed by atoms with van der Waals surface area (Å²) >= 11 is 12.9. The van der Waals surface area contributed by atoms with E-state index in [9.17, 15) is 9.18 Å². The Kier molecular flexibility index (Phi) is 10.3. The Balaban J connectivity index is 1.70. The minimum absolute atomic E-state index is 0.0179. The van der Waals surface area contributed by atoms with E-state index in [4.69, 9.17) is 32.7 Å². The Morgan fingerprint density at radius 2 is 1.82 bits per heavy atom. The predicted octanol–water partition coefficient (Wildman–Crippen LogP) is 7.30. The molecule has 3 rings (SSSR count). The summed E-state index contributed by atoms with van der Waals surface area (Å²) in [7, 11) is 0. The van der Waals surface area contributed by atoms with Crippen LogP contribution in [0.5, 0.6) is 5.75 Å². The summed E-state index contributed by atoms with van der Waals surface area (Å²) < 4.78 is 24.9. The number of ether oxygens (including phenoxy) is 2. The minimum Gasteiger partial charge on any atom is -0.490 e. The van der Waals surface area contributed by atoms with Crippen LogP contribution in [0.15, 0.2) is 36.4 Å². The molecule has 0 aromatic heterocycles. The summed E-state index contributed by atoms with van der Waals surface area (Å²) in [5.74, 6) is -0.102. The van der Waals surface area contributed by atoms with Crippen LogP contribution >= 0.6 is 23.2 Å². The molecule has 1 fully saturated rings. The lowest BCUT2D eigenvalue weighted by Crippen LogP contribution is -2.37. The molecule has 1 amide bonds. The fourth-order valence-corrected chi connectivity index (χ4v) is 4.54. The van der Waals surface area contributed by atoms with E-state index in [1.807, 2.05) is 0 Å². The number of carbonyl (C=O) groups excluding carboxylic acids is 1. The van der Waals surface area contributed by atoms with Crippen LogP contribution in [-0.2, 0) is 11.3 Å². The summed E-state index contributed by atoms with van der Waals surface area (Å²) in [4.78, 5) is 15.1. The molecule has 0 spiro atoms. The molecule has 4 nitrogen and oxygen atoms in total. The maximum Gasteiger partial charge on any atom is 0.254 e. The number of benzene rings is 2. The van der Waals surface area contributed by atoms with Crippen molar-refractivity contribution in [2.45, 2.75) is 64.5 Å². The van der Waals surface area contributed by atoms with Gasteiger partial charge in [-0.15, -0.1) is 0 Å². The van der Waals surface area contributed by atoms with Crippen molar-refractivity contribution >= 4 is 29.1 Å². The Morgan fingerprint density at radius 3 is 2.45 bits per heavy atom. The van der Waals surface area contributed by atoms with Crippen LogP contribution < -0.4 is 4.74 Å². The lowest BCUT2D eigenvalue weighted by atomic mass is 10.1. The zero-order valence-corrected chi connectivity index (χ0v) is 20.6. The highest BCUT2D eigenvalue weighted by molar-refractivity contribution is 6.37. The summed E-state index contributed by atoms with van der Waals surface area (Å²) in [5.41, 5.74) is 1.23. The number of rotatable bonds is 12. The molecule has 2 aromatic carbocycles. The molecule has 33 heavy (non-hydrogen) atoms. The van der Waals surface area contributed by atoms with Crippen LogP contribution in [0.3, 0.4) is 0 Å². The molecule has 1 atom stereocenters. The van der Waals surface area contributed by atoms with Crippen LogP contribution in [0, 0.1) is 5.82 Å². The third-order valence-electron chi connectivity index (χ3n) is 5.76. The molecule has 7 heteroatoms. The van der Waals surface area contributed by atoms with Crippen molar-refractivity contribution in [3.8, 4) is 5.75 Å². The van der Waals surface area contributed by atoms with Gasteiger partial charge in [0.15, 0.2) is 5.75 Å². The highest BCUT2D eigenvalue weighted by atomic mass is 35.5. The quantitative estimate of drug-likeness (QED) is 0.290. The van der Waals surface area contributed by atoms with E-state index < -0.39 is 0 Å². The molecule has 1 aliphatic heterocycles. The standard InChI is InChI=1S/C26H32Cl2FNO3/c1-2-3-4-5-6-13-33-25-23(27)15-20(16-24(25)28)26(31)30(18-22-8-7-14-32-22)17-19-9-11-21(29)12-10-19/h9-12,15-16,22H,2-8,13-14,17-18H2,1H3. The van der Waals surface area contributed by atoms with Gasteiger partial charge in [-0.3, -0.25) is 4.79 Å². The Bertz CT molecular complexity index is 878. The Labute approximate surface area is 206 Å². The second kappa shape index (κ2) is 13.2. The van der Waals surface area contributed by atoms with Gasteiger partial charge in [0.25, 0.3) is 5.91 Å². The molecular weight excluding hydrogens is 464 g/mol. The summed E-state index contributed by atoms with van der Waals surface area (Å²) in [6.07, 6.45) is 7.49. The first kappa shape index (κ1) is 25.8. The topological polar surface area (TPSA) is 38.8 Å². The van der Waals surface area contributed by atoms with Crippen molar-refractivity contribution in [1.82, 2.24) is 4.90 Å². The zero-order chi connectivity index (χ0) is 23.6. The van der Waals surface area contributed by atoms with Gasteiger partial charge >= 0.3 is 0 Å². The predicted molar refractivity (Wildman–Crippen MR) is 131 cm³/mol. The van der Waals surface area contributed by atoms with E-state index in [0.717, 1.165) is 31.2 Å². The molecule has 0 bridgehead atoms. The van der Waals surface area contributed by atoms with Crippen molar-refractivity contribution in [1.29, 1.82) is 0 Å². The van der Waals surface area contributed by atoms with Crippen LogP contribution in [-0.4, -0.2) is 36.7 Å². The maximum absolute atomic E-state index is 13.4. The van der Waals surface area contributed by atoms with Gasteiger partial charge in [0, 0.05) is 25.3 Å². The van der Waals surface area contributed by atoms with Crippen molar-refractivity contribution < 1.29 is 18.7 Å². The second-order valence-corrected chi connectivity index (χ2v) is 9.29. The maximum atomic E-state index is 13.4. The molecule has 1 unspecified atom stereocenters. The molecule has 180 valence electrons. The second-order valence-electron chi connectivity index (χ2n) is 8.48. The molecule has 2 aromatic rings. The average Bonchev–Trinajstić information content (AvgIpc) is 3.31. The third-order valence-corrected chi connectivity index (χ3v) is 6.32. The van der Waals surface area contributed by atoms with Crippen molar-refractivity contribution in [2.75, 3.05) is 19.8 Å². The summed E-state index contributed by atoms with van der Waals surface area (Å²) in [5, 5.41) is 0.636. The van der Waals surface area contributed by atoms with Gasteiger partial charge in [-0.1, -0.05) is 67.9 Å². The van der Waals surface area contributed by atoms with Gasteiger partial charge in [-0.05, 0) is 49.1 Å². The average molecular weight is 496 g/mol. The monoisotopic (exact) mass is 495 g/mol.